The molecule has 0 bridgehead atoms. The molecule has 0 rings (SSSR count). The Bertz CT molecular complexity index is 285. The summed E-state index contributed by atoms with van der Waals surface area (Å²) in [5, 5.41) is 0. The van der Waals surface area contributed by atoms with Gasteiger partial charge in [0, 0.05) is 14.2 Å². The summed E-state index contributed by atoms with van der Waals surface area (Å²) < 4.78 is 14.8. The van der Waals surface area contributed by atoms with Gasteiger partial charge in [-0.2, -0.15) is 0 Å². The van der Waals surface area contributed by atoms with Crippen molar-refractivity contribution in [1.29, 1.82) is 0 Å². The Kier molecular flexibility index (Phi) is 6.68. The maximum absolute atomic E-state index is 11.8. The SMILES string of the molecule is COC[C@H](CC(=O)OC)N(C)C(=O)OC(C)(C)C. The molecule has 1 amide bonds. The van der Waals surface area contributed by atoms with Crippen LogP contribution in [0.3, 0.4) is 0 Å². The molecule has 6 nitrogen and oxygen atoms in total. The first kappa shape index (κ1) is 16.7. The van der Waals surface area contributed by atoms with Crippen LogP contribution in [0.4, 0.5) is 4.79 Å². The average molecular weight is 261 g/mol. The van der Waals surface area contributed by atoms with Crippen LogP contribution in [0, 0.1) is 0 Å². The van der Waals surface area contributed by atoms with E-state index in [4.69, 9.17) is 9.47 Å². The molecule has 18 heavy (non-hydrogen) atoms. The molecule has 0 unspecified atom stereocenters. The van der Waals surface area contributed by atoms with E-state index >= 15 is 0 Å². The largest absolute Gasteiger partial charge is 0.469 e. The number of methoxy groups -OCH3 is 2. The molecule has 0 aliphatic rings. The van der Waals surface area contributed by atoms with Gasteiger partial charge in [0.25, 0.3) is 0 Å². The van der Waals surface area contributed by atoms with Crippen LogP contribution < -0.4 is 0 Å². The van der Waals surface area contributed by atoms with Crippen LogP contribution in [-0.4, -0.2) is 56.5 Å². The van der Waals surface area contributed by atoms with Crippen molar-refractivity contribution in [3.8, 4) is 0 Å². The van der Waals surface area contributed by atoms with Crippen molar-refractivity contribution < 1.29 is 23.8 Å². The fraction of sp³-hybridized carbons (Fsp3) is 0.833. The minimum Gasteiger partial charge on any atom is -0.469 e. The molecular weight excluding hydrogens is 238 g/mol. The Morgan fingerprint density at radius 2 is 1.78 bits per heavy atom. The molecule has 0 heterocycles. The zero-order chi connectivity index (χ0) is 14.3. The number of nitrogens with zero attached hydrogens (tertiary/aromatic N) is 1. The number of esters is 1. The van der Waals surface area contributed by atoms with Gasteiger partial charge in [-0.1, -0.05) is 0 Å². The first-order valence-corrected chi connectivity index (χ1v) is 5.72. The van der Waals surface area contributed by atoms with Crippen LogP contribution in [0.25, 0.3) is 0 Å². The first-order valence-electron chi connectivity index (χ1n) is 5.72. The van der Waals surface area contributed by atoms with Crippen LogP contribution in [0.1, 0.15) is 27.2 Å². The van der Waals surface area contributed by atoms with E-state index in [-0.39, 0.29) is 13.0 Å². The lowest BCUT2D eigenvalue weighted by Crippen LogP contribution is -2.44. The summed E-state index contributed by atoms with van der Waals surface area (Å²) in [7, 11) is 4.38. The topological polar surface area (TPSA) is 65.1 Å². The summed E-state index contributed by atoms with van der Waals surface area (Å²) in [6.45, 7) is 5.59. The quantitative estimate of drug-likeness (QED) is 0.700. The van der Waals surface area contributed by atoms with E-state index in [0.717, 1.165) is 0 Å². The maximum Gasteiger partial charge on any atom is 0.410 e. The van der Waals surface area contributed by atoms with Crippen molar-refractivity contribution in [2.24, 2.45) is 0 Å². The standard InChI is InChI=1S/C12H23NO5/c1-12(2,3)18-11(15)13(4)9(8-16-5)7-10(14)17-6/h9H,7-8H2,1-6H3/t9-/m0/s1. The van der Waals surface area contributed by atoms with Gasteiger partial charge in [0.15, 0.2) is 0 Å². The van der Waals surface area contributed by atoms with Gasteiger partial charge in [0.1, 0.15) is 5.60 Å². The second-order valence-corrected chi connectivity index (χ2v) is 4.98. The Labute approximate surface area is 108 Å². The highest BCUT2D eigenvalue weighted by Gasteiger charge is 2.27. The predicted octanol–water partition coefficient (Wildman–Crippen LogP) is 1.43. The molecule has 6 heteroatoms. The zero-order valence-corrected chi connectivity index (χ0v) is 12.0. The van der Waals surface area contributed by atoms with Gasteiger partial charge in [-0.15, -0.1) is 0 Å². The molecule has 0 aliphatic heterocycles. The fourth-order valence-corrected chi connectivity index (χ4v) is 1.26. The molecular formula is C12H23NO5. The minimum atomic E-state index is -0.575. The number of ether oxygens (including phenoxy) is 3. The lowest BCUT2D eigenvalue weighted by Gasteiger charge is -2.29. The number of hydrogen-bond donors (Lipinski definition) is 0. The molecule has 0 N–H and O–H groups in total. The molecule has 0 aromatic carbocycles. The summed E-state index contributed by atoms with van der Waals surface area (Å²) in [5.74, 6) is -0.396. The normalized spacial score (nSPS) is 12.8. The Balaban J connectivity index is 4.59. The maximum atomic E-state index is 11.8. The third-order valence-electron chi connectivity index (χ3n) is 2.22. The van der Waals surface area contributed by atoms with Gasteiger partial charge < -0.3 is 19.1 Å². The lowest BCUT2D eigenvalue weighted by atomic mass is 10.2. The number of hydrogen-bond acceptors (Lipinski definition) is 5. The van der Waals surface area contributed by atoms with Crippen molar-refractivity contribution >= 4 is 12.1 Å². The first-order chi connectivity index (χ1) is 8.21. The Hall–Kier alpha value is -1.30. The second kappa shape index (κ2) is 7.20. The molecule has 0 aliphatic carbocycles. The minimum absolute atomic E-state index is 0.0695. The summed E-state index contributed by atoms with van der Waals surface area (Å²) in [4.78, 5) is 24.4. The molecule has 0 spiro atoms. The van der Waals surface area contributed by atoms with E-state index in [0.29, 0.717) is 0 Å². The van der Waals surface area contributed by atoms with Gasteiger partial charge in [-0.3, -0.25) is 4.79 Å². The van der Waals surface area contributed by atoms with E-state index in [2.05, 4.69) is 4.74 Å². The van der Waals surface area contributed by atoms with Crippen molar-refractivity contribution in [3.05, 3.63) is 0 Å². The van der Waals surface area contributed by atoms with Crippen LogP contribution in [0.15, 0.2) is 0 Å². The number of likely N-dealkylation sites (N-methyl/N-ethyl adjacent to an activating group) is 1. The van der Waals surface area contributed by atoms with Gasteiger partial charge >= 0.3 is 12.1 Å². The van der Waals surface area contributed by atoms with Crippen molar-refractivity contribution in [2.75, 3.05) is 27.9 Å². The highest BCUT2D eigenvalue weighted by atomic mass is 16.6. The fourth-order valence-electron chi connectivity index (χ4n) is 1.26. The molecule has 106 valence electrons. The van der Waals surface area contributed by atoms with Crippen LogP contribution in [-0.2, 0) is 19.0 Å². The smallest absolute Gasteiger partial charge is 0.410 e. The number of carbonyl (C=O) groups is 2. The average Bonchev–Trinajstić information content (AvgIpc) is 2.24. The van der Waals surface area contributed by atoms with Crippen LogP contribution >= 0.6 is 0 Å². The number of carbonyl (C=O) groups excluding carboxylic acids is 2. The predicted molar refractivity (Wildman–Crippen MR) is 66.3 cm³/mol. The van der Waals surface area contributed by atoms with Gasteiger partial charge in [-0.05, 0) is 20.8 Å². The summed E-state index contributed by atoms with van der Waals surface area (Å²) in [6, 6.07) is -0.405. The third-order valence-corrected chi connectivity index (χ3v) is 2.22. The van der Waals surface area contributed by atoms with E-state index in [1.165, 1.54) is 19.1 Å². The molecule has 0 saturated heterocycles. The van der Waals surface area contributed by atoms with Crippen molar-refractivity contribution in [1.82, 2.24) is 4.90 Å². The van der Waals surface area contributed by atoms with Crippen LogP contribution in [0.2, 0.25) is 0 Å². The molecule has 1 atom stereocenters. The van der Waals surface area contributed by atoms with E-state index in [1.54, 1.807) is 27.8 Å². The molecule has 0 aromatic rings. The van der Waals surface area contributed by atoms with Crippen molar-refractivity contribution in [3.63, 3.8) is 0 Å². The summed E-state index contributed by atoms with van der Waals surface area (Å²) in [6.07, 6.45) is -0.423. The Morgan fingerprint density at radius 1 is 1.22 bits per heavy atom. The number of rotatable bonds is 5. The van der Waals surface area contributed by atoms with Gasteiger partial charge in [-0.25, -0.2) is 4.79 Å². The van der Waals surface area contributed by atoms with Crippen LogP contribution in [0.5, 0.6) is 0 Å². The molecule has 0 radical (unpaired) electrons. The van der Waals surface area contributed by atoms with E-state index in [1.807, 2.05) is 0 Å². The number of amides is 1. The van der Waals surface area contributed by atoms with E-state index in [9.17, 15) is 9.59 Å². The third kappa shape index (κ3) is 6.44. The molecule has 0 saturated carbocycles. The zero-order valence-electron chi connectivity index (χ0n) is 12.0. The monoisotopic (exact) mass is 261 g/mol. The summed E-state index contributed by atoms with van der Waals surface area (Å²) in [5.41, 5.74) is -0.575. The second-order valence-electron chi connectivity index (χ2n) is 4.98. The highest BCUT2D eigenvalue weighted by molar-refractivity contribution is 5.72. The van der Waals surface area contributed by atoms with E-state index < -0.39 is 23.7 Å². The highest BCUT2D eigenvalue weighted by Crippen LogP contribution is 2.12. The lowest BCUT2D eigenvalue weighted by molar-refractivity contribution is -0.142. The van der Waals surface area contributed by atoms with Crippen molar-refractivity contribution in [2.45, 2.75) is 38.8 Å². The Morgan fingerprint density at radius 3 is 2.17 bits per heavy atom. The van der Waals surface area contributed by atoms with Gasteiger partial charge in [0.2, 0.25) is 0 Å². The summed E-state index contributed by atoms with van der Waals surface area (Å²) >= 11 is 0. The molecule has 0 aromatic heterocycles. The molecule has 0 fully saturated rings. The van der Waals surface area contributed by atoms with Gasteiger partial charge in [0.05, 0.1) is 26.2 Å².